The molecule has 0 atom stereocenters. The zero-order valence-electron chi connectivity index (χ0n) is 9.88. The SMILES string of the molecule is COc1ccc(COCCC(F)(F)C#CCl)cc1. The maximum absolute atomic E-state index is 12.9. The molecule has 0 radical (unpaired) electrons. The van der Waals surface area contributed by atoms with Gasteiger partial charge >= 0.3 is 5.92 Å². The summed E-state index contributed by atoms with van der Waals surface area (Å²) in [4.78, 5) is 0. The first-order valence-corrected chi connectivity index (χ1v) is 5.66. The molecule has 1 rings (SSSR count). The molecule has 0 fully saturated rings. The highest BCUT2D eigenvalue weighted by Gasteiger charge is 2.25. The van der Waals surface area contributed by atoms with E-state index in [2.05, 4.69) is 0 Å². The van der Waals surface area contributed by atoms with Crippen LogP contribution in [-0.4, -0.2) is 19.6 Å². The number of halogens is 3. The van der Waals surface area contributed by atoms with Gasteiger partial charge in [0.15, 0.2) is 0 Å². The lowest BCUT2D eigenvalue weighted by molar-refractivity contribution is 0.0127. The second-order valence-corrected chi connectivity index (χ2v) is 3.76. The quantitative estimate of drug-likeness (QED) is 0.584. The zero-order chi connectivity index (χ0) is 13.4. The molecule has 0 N–H and O–H groups in total. The number of alkyl halides is 2. The third-order valence-corrected chi connectivity index (χ3v) is 2.31. The Bertz CT molecular complexity index is 421. The number of rotatable bonds is 6. The maximum atomic E-state index is 12.9. The van der Waals surface area contributed by atoms with Gasteiger partial charge in [-0.15, -0.1) is 0 Å². The molecule has 98 valence electrons. The van der Waals surface area contributed by atoms with Crippen LogP contribution in [-0.2, 0) is 11.3 Å². The first kappa shape index (κ1) is 14.7. The molecule has 1 aromatic rings. The predicted octanol–water partition coefficient (Wildman–Crippen LogP) is 3.44. The number of ether oxygens (including phenoxy) is 2. The molecule has 5 heteroatoms. The fraction of sp³-hybridized carbons (Fsp3) is 0.385. The van der Waals surface area contributed by atoms with Crippen molar-refractivity contribution in [3.05, 3.63) is 29.8 Å². The molecule has 0 saturated heterocycles. The van der Waals surface area contributed by atoms with Crippen molar-refractivity contribution in [3.63, 3.8) is 0 Å². The van der Waals surface area contributed by atoms with Crippen molar-refractivity contribution in [1.29, 1.82) is 0 Å². The highest BCUT2D eigenvalue weighted by atomic mass is 35.5. The molecule has 0 heterocycles. The molecule has 0 amide bonds. The van der Waals surface area contributed by atoms with Crippen molar-refractivity contribution < 1.29 is 18.3 Å². The summed E-state index contributed by atoms with van der Waals surface area (Å²) in [6.45, 7) is 0.193. The molecule has 0 aliphatic carbocycles. The molecule has 18 heavy (non-hydrogen) atoms. The van der Waals surface area contributed by atoms with E-state index in [1.54, 1.807) is 30.5 Å². The number of benzene rings is 1. The normalized spacial score (nSPS) is 10.7. The summed E-state index contributed by atoms with van der Waals surface area (Å²) >= 11 is 4.93. The smallest absolute Gasteiger partial charge is 0.311 e. The topological polar surface area (TPSA) is 18.5 Å². The van der Waals surface area contributed by atoms with E-state index in [1.165, 1.54) is 0 Å². The third kappa shape index (κ3) is 5.35. The van der Waals surface area contributed by atoms with Gasteiger partial charge in [-0.1, -0.05) is 12.1 Å². The third-order valence-electron chi connectivity index (χ3n) is 2.22. The number of hydrogen-bond donors (Lipinski definition) is 0. The van der Waals surface area contributed by atoms with Gasteiger partial charge in [-0.05, 0) is 35.2 Å². The Morgan fingerprint density at radius 3 is 2.50 bits per heavy atom. The highest BCUT2D eigenvalue weighted by molar-refractivity contribution is 6.30. The van der Waals surface area contributed by atoms with E-state index < -0.39 is 12.3 Å². The van der Waals surface area contributed by atoms with E-state index >= 15 is 0 Å². The zero-order valence-corrected chi connectivity index (χ0v) is 10.6. The van der Waals surface area contributed by atoms with Crippen LogP contribution in [0.5, 0.6) is 5.75 Å². The molecule has 0 aromatic heterocycles. The van der Waals surface area contributed by atoms with E-state index in [1.807, 2.05) is 12.1 Å². The number of methoxy groups -OCH3 is 1. The molecule has 0 saturated carbocycles. The molecular formula is C13H13ClF2O2. The Morgan fingerprint density at radius 1 is 1.28 bits per heavy atom. The Morgan fingerprint density at radius 2 is 1.94 bits per heavy atom. The molecule has 0 spiro atoms. The van der Waals surface area contributed by atoms with Crippen LogP contribution in [0.3, 0.4) is 0 Å². The van der Waals surface area contributed by atoms with Crippen LogP contribution in [0.2, 0.25) is 0 Å². The van der Waals surface area contributed by atoms with Crippen molar-refractivity contribution >= 4 is 11.6 Å². The minimum Gasteiger partial charge on any atom is -0.497 e. The van der Waals surface area contributed by atoms with Gasteiger partial charge in [0, 0.05) is 11.8 Å². The molecule has 0 bridgehead atoms. The lowest BCUT2D eigenvalue weighted by Crippen LogP contribution is -2.16. The molecule has 0 aliphatic rings. The lowest BCUT2D eigenvalue weighted by atomic mass is 10.2. The Balaban J connectivity index is 2.30. The van der Waals surface area contributed by atoms with Crippen molar-refractivity contribution in [2.75, 3.05) is 13.7 Å². The van der Waals surface area contributed by atoms with E-state index in [9.17, 15) is 8.78 Å². The van der Waals surface area contributed by atoms with Gasteiger partial charge < -0.3 is 9.47 Å². The van der Waals surface area contributed by atoms with Crippen LogP contribution in [0.15, 0.2) is 24.3 Å². The van der Waals surface area contributed by atoms with E-state index in [-0.39, 0.29) is 13.2 Å². The average Bonchev–Trinajstić information content (AvgIpc) is 2.35. The second-order valence-electron chi connectivity index (χ2n) is 3.57. The van der Waals surface area contributed by atoms with Gasteiger partial charge in [0.1, 0.15) is 5.75 Å². The summed E-state index contributed by atoms with van der Waals surface area (Å²) in [6.07, 6.45) is -0.469. The van der Waals surface area contributed by atoms with Crippen LogP contribution in [0, 0.1) is 11.3 Å². The largest absolute Gasteiger partial charge is 0.497 e. The Hall–Kier alpha value is -1.31. The first-order chi connectivity index (χ1) is 8.57. The molecule has 0 aliphatic heterocycles. The summed E-state index contributed by atoms with van der Waals surface area (Å²) in [6, 6.07) is 7.20. The van der Waals surface area contributed by atoms with Gasteiger partial charge in [0.2, 0.25) is 0 Å². The number of hydrogen-bond acceptors (Lipinski definition) is 2. The maximum Gasteiger partial charge on any atom is 0.311 e. The minimum absolute atomic E-state index is 0.0788. The van der Waals surface area contributed by atoms with Crippen molar-refractivity contribution in [3.8, 4) is 17.0 Å². The molecule has 1 aromatic carbocycles. The molecular weight excluding hydrogens is 262 g/mol. The Kier molecular flexibility index (Phi) is 5.90. The standard InChI is InChI=1S/C13H13ClF2O2/c1-17-12-4-2-11(3-5-12)10-18-9-7-13(15,16)6-8-14/h2-5H,7,9-10H2,1H3. The van der Waals surface area contributed by atoms with Crippen LogP contribution in [0.1, 0.15) is 12.0 Å². The van der Waals surface area contributed by atoms with E-state index in [0.717, 1.165) is 11.3 Å². The van der Waals surface area contributed by atoms with E-state index in [4.69, 9.17) is 21.1 Å². The van der Waals surface area contributed by atoms with E-state index in [0.29, 0.717) is 0 Å². The molecule has 2 nitrogen and oxygen atoms in total. The monoisotopic (exact) mass is 274 g/mol. The fourth-order valence-corrected chi connectivity index (χ4v) is 1.38. The second kappa shape index (κ2) is 7.20. The van der Waals surface area contributed by atoms with Crippen molar-refractivity contribution in [1.82, 2.24) is 0 Å². The van der Waals surface area contributed by atoms with Gasteiger partial charge in [-0.25, -0.2) is 0 Å². The van der Waals surface area contributed by atoms with Crippen LogP contribution in [0.4, 0.5) is 8.78 Å². The van der Waals surface area contributed by atoms with Gasteiger partial charge in [0.25, 0.3) is 0 Å². The summed E-state index contributed by atoms with van der Waals surface area (Å²) < 4.78 is 35.9. The summed E-state index contributed by atoms with van der Waals surface area (Å²) in [7, 11) is 1.57. The van der Waals surface area contributed by atoms with Gasteiger partial charge in [-0.3, -0.25) is 0 Å². The van der Waals surface area contributed by atoms with Crippen LogP contribution in [0.25, 0.3) is 0 Å². The van der Waals surface area contributed by atoms with Crippen LogP contribution < -0.4 is 4.74 Å². The Labute approximate surface area is 110 Å². The fourth-order valence-electron chi connectivity index (χ4n) is 1.24. The minimum atomic E-state index is -3.10. The lowest BCUT2D eigenvalue weighted by Gasteiger charge is -2.09. The summed E-state index contributed by atoms with van der Waals surface area (Å²) in [5, 5.41) is 1.68. The summed E-state index contributed by atoms with van der Waals surface area (Å²) in [5.74, 6) is -0.736. The van der Waals surface area contributed by atoms with Crippen molar-refractivity contribution in [2.45, 2.75) is 19.0 Å². The molecule has 0 unspecified atom stereocenters. The summed E-state index contributed by atoms with van der Waals surface area (Å²) in [5.41, 5.74) is 0.891. The average molecular weight is 275 g/mol. The highest BCUT2D eigenvalue weighted by Crippen LogP contribution is 2.17. The first-order valence-electron chi connectivity index (χ1n) is 5.29. The van der Waals surface area contributed by atoms with Crippen LogP contribution >= 0.6 is 11.6 Å². The van der Waals surface area contributed by atoms with Gasteiger partial charge in [-0.2, -0.15) is 8.78 Å². The van der Waals surface area contributed by atoms with Gasteiger partial charge in [0.05, 0.1) is 20.3 Å². The van der Waals surface area contributed by atoms with Crippen molar-refractivity contribution in [2.24, 2.45) is 0 Å². The predicted molar refractivity (Wildman–Crippen MR) is 65.8 cm³/mol.